The molecule has 0 heterocycles. The van der Waals surface area contributed by atoms with Crippen molar-refractivity contribution in [3.63, 3.8) is 0 Å². The standard InChI is InChI=1S/C30H36N2O3S/c1-3-5-19-31-30(34)32(20-11-15-24-12-7-6-8-13-24)26-16-10-18-28(23-26)36-27-17-9-14-25(21-27)22-29(33)35-4-2/h6-10,12-14,16-18,21,23H,3-5,11,15,19-20,22H2,1-2H3,(H,31,34). The van der Waals surface area contributed by atoms with Crippen LogP contribution >= 0.6 is 11.8 Å². The normalized spacial score (nSPS) is 10.6. The zero-order chi connectivity index (χ0) is 25.6. The van der Waals surface area contributed by atoms with Gasteiger partial charge in [-0.2, -0.15) is 0 Å². The number of hydrogen-bond acceptors (Lipinski definition) is 4. The number of nitrogens with one attached hydrogen (secondary N) is 1. The highest BCUT2D eigenvalue weighted by atomic mass is 32.2. The second-order valence-corrected chi connectivity index (χ2v) is 9.70. The first-order valence-electron chi connectivity index (χ1n) is 12.7. The highest BCUT2D eigenvalue weighted by Crippen LogP contribution is 2.31. The molecule has 3 aromatic rings. The van der Waals surface area contributed by atoms with E-state index in [2.05, 4.69) is 30.4 Å². The topological polar surface area (TPSA) is 58.6 Å². The summed E-state index contributed by atoms with van der Waals surface area (Å²) in [6.45, 7) is 5.62. The van der Waals surface area contributed by atoms with Crippen LogP contribution in [-0.4, -0.2) is 31.7 Å². The number of esters is 1. The molecule has 190 valence electrons. The number of rotatable bonds is 13. The molecule has 3 rings (SSSR count). The van der Waals surface area contributed by atoms with Gasteiger partial charge in [-0.15, -0.1) is 0 Å². The van der Waals surface area contributed by atoms with Crippen molar-refractivity contribution in [2.24, 2.45) is 0 Å². The Labute approximate surface area is 219 Å². The van der Waals surface area contributed by atoms with Gasteiger partial charge in [-0.25, -0.2) is 4.79 Å². The Morgan fingerprint density at radius 1 is 0.861 bits per heavy atom. The summed E-state index contributed by atoms with van der Waals surface area (Å²) in [6, 6.07) is 26.3. The van der Waals surface area contributed by atoms with Gasteiger partial charge in [0.15, 0.2) is 0 Å². The van der Waals surface area contributed by atoms with E-state index in [1.165, 1.54) is 5.56 Å². The van der Waals surface area contributed by atoms with E-state index in [1.54, 1.807) is 11.8 Å². The fourth-order valence-corrected chi connectivity index (χ4v) is 4.81. The summed E-state index contributed by atoms with van der Waals surface area (Å²) in [4.78, 5) is 28.9. The SMILES string of the molecule is CCCCNC(=O)N(CCCc1ccccc1)c1cccc(Sc2cccc(CC(=O)OCC)c2)c1. The van der Waals surface area contributed by atoms with Gasteiger partial charge >= 0.3 is 12.0 Å². The Morgan fingerprint density at radius 3 is 2.33 bits per heavy atom. The average Bonchev–Trinajstić information content (AvgIpc) is 2.88. The molecule has 6 heteroatoms. The Bertz CT molecular complexity index is 1100. The van der Waals surface area contributed by atoms with E-state index in [9.17, 15) is 9.59 Å². The lowest BCUT2D eigenvalue weighted by Gasteiger charge is -2.24. The Kier molecular flexibility index (Phi) is 11.4. The number of benzene rings is 3. The van der Waals surface area contributed by atoms with E-state index >= 15 is 0 Å². The largest absolute Gasteiger partial charge is 0.466 e. The molecule has 36 heavy (non-hydrogen) atoms. The van der Waals surface area contributed by atoms with E-state index in [1.807, 2.05) is 72.5 Å². The number of hydrogen-bond donors (Lipinski definition) is 1. The molecule has 0 aliphatic heterocycles. The maximum atomic E-state index is 13.1. The summed E-state index contributed by atoms with van der Waals surface area (Å²) >= 11 is 1.62. The predicted molar refractivity (Wildman–Crippen MR) is 148 cm³/mol. The molecule has 0 aliphatic carbocycles. The lowest BCUT2D eigenvalue weighted by molar-refractivity contribution is -0.142. The van der Waals surface area contributed by atoms with Crippen LogP contribution in [0.4, 0.5) is 10.5 Å². The quantitative estimate of drug-likeness (QED) is 0.203. The number of carbonyl (C=O) groups is 2. The first-order valence-corrected chi connectivity index (χ1v) is 13.5. The third kappa shape index (κ3) is 9.08. The van der Waals surface area contributed by atoms with Gasteiger partial charge in [-0.3, -0.25) is 9.69 Å². The minimum absolute atomic E-state index is 0.0601. The molecule has 3 aromatic carbocycles. The van der Waals surface area contributed by atoms with Gasteiger partial charge in [0.2, 0.25) is 0 Å². The number of aryl methyl sites for hydroxylation is 1. The first kappa shape index (κ1) is 27.3. The number of ether oxygens (including phenoxy) is 1. The number of amides is 2. The van der Waals surface area contributed by atoms with Gasteiger partial charge in [0.1, 0.15) is 0 Å². The van der Waals surface area contributed by atoms with E-state index in [0.717, 1.165) is 46.7 Å². The molecule has 0 bridgehead atoms. The van der Waals surface area contributed by atoms with Crippen molar-refractivity contribution in [3.8, 4) is 0 Å². The number of carbonyl (C=O) groups excluding carboxylic acids is 2. The molecule has 0 saturated heterocycles. The van der Waals surface area contributed by atoms with Crippen molar-refractivity contribution in [2.75, 3.05) is 24.6 Å². The number of anilines is 1. The molecular formula is C30H36N2O3S. The van der Waals surface area contributed by atoms with Gasteiger partial charge in [-0.05, 0) is 67.6 Å². The summed E-state index contributed by atoms with van der Waals surface area (Å²) in [5.74, 6) is -0.220. The van der Waals surface area contributed by atoms with Gasteiger partial charge < -0.3 is 10.1 Å². The van der Waals surface area contributed by atoms with Crippen molar-refractivity contribution in [1.82, 2.24) is 5.32 Å². The molecule has 0 aromatic heterocycles. The van der Waals surface area contributed by atoms with Crippen molar-refractivity contribution in [3.05, 3.63) is 90.0 Å². The Hall–Kier alpha value is -3.25. The van der Waals surface area contributed by atoms with Crippen molar-refractivity contribution in [2.45, 2.75) is 55.7 Å². The monoisotopic (exact) mass is 504 g/mol. The highest BCUT2D eigenvalue weighted by molar-refractivity contribution is 7.99. The summed E-state index contributed by atoms with van der Waals surface area (Å²) in [6.07, 6.45) is 4.05. The van der Waals surface area contributed by atoms with Crippen molar-refractivity contribution in [1.29, 1.82) is 0 Å². The Balaban J connectivity index is 1.72. The molecule has 2 amide bonds. The van der Waals surface area contributed by atoms with Crippen LogP contribution in [0.5, 0.6) is 0 Å². The summed E-state index contributed by atoms with van der Waals surface area (Å²) in [5.41, 5.74) is 3.08. The van der Waals surface area contributed by atoms with Gasteiger partial charge in [0, 0.05) is 28.6 Å². The van der Waals surface area contributed by atoms with Crippen molar-refractivity contribution >= 4 is 29.4 Å². The third-order valence-corrected chi connectivity index (χ3v) is 6.64. The van der Waals surface area contributed by atoms with Crippen LogP contribution in [0.3, 0.4) is 0 Å². The number of nitrogens with zero attached hydrogens (tertiary/aromatic N) is 1. The maximum absolute atomic E-state index is 13.1. The van der Waals surface area contributed by atoms with Crippen LogP contribution in [0.2, 0.25) is 0 Å². The van der Waals surface area contributed by atoms with Crippen LogP contribution < -0.4 is 10.2 Å². The van der Waals surface area contributed by atoms with Gasteiger partial charge in [0.25, 0.3) is 0 Å². The lowest BCUT2D eigenvalue weighted by Crippen LogP contribution is -2.41. The zero-order valence-corrected chi connectivity index (χ0v) is 22.1. The minimum Gasteiger partial charge on any atom is -0.466 e. The van der Waals surface area contributed by atoms with Crippen LogP contribution in [-0.2, 0) is 22.4 Å². The molecule has 1 N–H and O–H groups in total. The number of urea groups is 1. The molecule has 0 aliphatic rings. The van der Waals surface area contributed by atoms with E-state index < -0.39 is 0 Å². The molecular weight excluding hydrogens is 468 g/mol. The second-order valence-electron chi connectivity index (χ2n) is 8.55. The smallest absolute Gasteiger partial charge is 0.321 e. The predicted octanol–water partition coefficient (Wildman–Crippen LogP) is 6.89. The van der Waals surface area contributed by atoms with Crippen LogP contribution in [0.25, 0.3) is 0 Å². The third-order valence-electron chi connectivity index (χ3n) is 5.66. The molecule has 0 unspecified atom stereocenters. The van der Waals surface area contributed by atoms with E-state index in [4.69, 9.17) is 4.74 Å². The second kappa shape index (κ2) is 15.0. The van der Waals surface area contributed by atoms with Crippen molar-refractivity contribution < 1.29 is 14.3 Å². The van der Waals surface area contributed by atoms with E-state index in [-0.39, 0.29) is 18.4 Å². The highest BCUT2D eigenvalue weighted by Gasteiger charge is 2.16. The lowest BCUT2D eigenvalue weighted by atomic mass is 10.1. The fraction of sp³-hybridized carbons (Fsp3) is 0.333. The van der Waals surface area contributed by atoms with Crippen LogP contribution in [0.15, 0.2) is 88.7 Å². The van der Waals surface area contributed by atoms with Crippen LogP contribution in [0.1, 0.15) is 44.2 Å². The minimum atomic E-state index is -0.220. The molecule has 0 spiro atoms. The molecule has 0 atom stereocenters. The van der Waals surface area contributed by atoms with Crippen LogP contribution in [0, 0.1) is 0 Å². The summed E-state index contributed by atoms with van der Waals surface area (Å²) < 4.78 is 5.07. The average molecular weight is 505 g/mol. The van der Waals surface area contributed by atoms with Gasteiger partial charge in [0.05, 0.1) is 13.0 Å². The zero-order valence-electron chi connectivity index (χ0n) is 21.2. The first-order chi connectivity index (χ1) is 17.6. The van der Waals surface area contributed by atoms with Gasteiger partial charge in [-0.1, -0.05) is 73.6 Å². The van der Waals surface area contributed by atoms with E-state index in [0.29, 0.717) is 19.7 Å². The fourth-order valence-electron chi connectivity index (χ4n) is 3.85. The Morgan fingerprint density at radius 2 is 1.58 bits per heavy atom. The summed E-state index contributed by atoms with van der Waals surface area (Å²) in [7, 11) is 0. The summed E-state index contributed by atoms with van der Waals surface area (Å²) in [5, 5.41) is 3.07. The molecule has 0 fully saturated rings. The molecule has 0 saturated carbocycles. The maximum Gasteiger partial charge on any atom is 0.321 e. The molecule has 5 nitrogen and oxygen atoms in total. The molecule has 0 radical (unpaired) electrons. The number of unbranched alkanes of at least 4 members (excludes halogenated alkanes) is 1.